The van der Waals surface area contributed by atoms with Gasteiger partial charge in [0.05, 0.1) is 28.1 Å². The van der Waals surface area contributed by atoms with Crippen LogP contribution in [0.2, 0.25) is 0 Å². The Hall–Kier alpha value is -3.42. The van der Waals surface area contributed by atoms with Crippen molar-refractivity contribution < 1.29 is 27.5 Å². The molecular weight excluding hydrogens is 364 g/mol. The Morgan fingerprint density at radius 3 is 2.33 bits per heavy atom. The number of hydrogen-bond donors (Lipinski definition) is 2. The van der Waals surface area contributed by atoms with E-state index in [0.717, 1.165) is 6.07 Å². The molecular formula is C19H10F4N2O2. The molecule has 2 heterocycles. The van der Waals surface area contributed by atoms with E-state index in [1.54, 1.807) is 30.3 Å². The van der Waals surface area contributed by atoms with Crippen LogP contribution in [-0.2, 0) is 6.18 Å². The number of rotatable bonds is 2. The zero-order chi connectivity index (χ0) is 19.3. The predicted molar refractivity (Wildman–Crippen MR) is 89.3 cm³/mol. The van der Waals surface area contributed by atoms with Crippen molar-refractivity contribution in [2.24, 2.45) is 4.99 Å². The average molecular weight is 374 g/mol. The van der Waals surface area contributed by atoms with Gasteiger partial charge < -0.3 is 10.1 Å². The summed E-state index contributed by atoms with van der Waals surface area (Å²) in [5, 5.41) is 10.2. The highest BCUT2D eigenvalue weighted by atomic mass is 19.4. The average Bonchev–Trinajstić information content (AvgIpc) is 3.14. The smallest absolute Gasteiger partial charge is 0.416 e. The van der Waals surface area contributed by atoms with Crippen LogP contribution in [0.1, 0.15) is 27.0 Å². The Kier molecular flexibility index (Phi) is 3.66. The standard InChI is InChI=1S/C19H10F4N2O2/c20-12-8-10(19(21,22)23)6-7-11(12)16-14-13(17(26)25-16)15(24-18(14)27)9-4-2-1-3-5-9/h1-8,24,27H. The number of halogens is 4. The van der Waals surface area contributed by atoms with Gasteiger partial charge in [0.2, 0.25) is 0 Å². The molecule has 0 bridgehead atoms. The predicted octanol–water partition coefficient (Wildman–Crippen LogP) is 4.54. The summed E-state index contributed by atoms with van der Waals surface area (Å²) in [5.74, 6) is -2.31. The number of aliphatic imine (C=N–C) groups is 1. The van der Waals surface area contributed by atoms with Gasteiger partial charge in [0.1, 0.15) is 5.82 Å². The first-order chi connectivity index (χ1) is 12.8. The fourth-order valence-electron chi connectivity index (χ4n) is 3.04. The third-order valence-electron chi connectivity index (χ3n) is 4.26. The van der Waals surface area contributed by atoms with E-state index < -0.39 is 29.3 Å². The quantitative estimate of drug-likeness (QED) is 0.647. The van der Waals surface area contributed by atoms with Gasteiger partial charge >= 0.3 is 6.18 Å². The molecule has 0 spiro atoms. The molecule has 136 valence electrons. The van der Waals surface area contributed by atoms with Gasteiger partial charge in [-0.3, -0.25) is 4.79 Å². The molecule has 2 N–H and O–H groups in total. The van der Waals surface area contributed by atoms with Crippen LogP contribution < -0.4 is 0 Å². The number of benzene rings is 2. The van der Waals surface area contributed by atoms with Crippen molar-refractivity contribution in [2.75, 3.05) is 0 Å². The zero-order valence-corrected chi connectivity index (χ0v) is 13.4. The van der Waals surface area contributed by atoms with Crippen molar-refractivity contribution in [3.05, 3.63) is 76.6 Å². The maximum atomic E-state index is 14.3. The summed E-state index contributed by atoms with van der Waals surface area (Å²) in [6.07, 6.45) is -4.70. The molecule has 0 fully saturated rings. The van der Waals surface area contributed by atoms with E-state index in [0.29, 0.717) is 23.4 Å². The molecule has 0 atom stereocenters. The number of aromatic hydroxyl groups is 1. The van der Waals surface area contributed by atoms with Gasteiger partial charge in [-0.15, -0.1) is 0 Å². The minimum Gasteiger partial charge on any atom is -0.494 e. The highest BCUT2D eigenvalue weighted by Gasteiger charge is 2.36. The van der Waals surface area contributed by atoms with Crippen molar-refractivity contribution in [3.63, 3.8) is 0 Å². The fraction of sp³-hybridized carbons (Fsp3) is 0.0526. The van der Waals surface area contributed by atoms with Crippen LogP contribution >= 0.6 is 0 Å². The molecule has 4 nitrogen and oxygen atoms in total. The first kappa shape index (κ1) is 17.0. The van der Waals surface area contributed by atoms with E-state index in [2.05, 4.69) is 9.98 Å². The van der Waals surface area contributed by atoms with Crippen LogP contribution in [0.5, 0.6) is 5.88 Å². The lowest BCUT2D eigenvalue weighted by Gasteiger charge is -2.09. The number of nitrogens with one attached hydrogen (secondary N) is 1. The molecule has 0 aliphatic carbocycles. The molecule has 1 amide bonds. The van der Waals surface area contributed by atoms with Gasteiger partial charge in [-0.2, -0.15) is 13.2 Å². The zero-order valence-electron chi connectivity index (χ0n) is 13.4. The molecule has 2 aromatic carbocycles. The highest BCUT2D eigenvalue weighted by molar-refractivity contribution is 6.30. The lowest BCUT2D eigenvalue weighted by molar-refractivity contribution is -0.137. The van der Waals surface area contributed by atoms with Crippen molar-refractivity contribution in [1.29, 1.82) is 0 Å². The second kappa shape index (κ2) is 5.80. The van der Waals surface area contributed by atoms with Crippen LogP contribution in [-0.4, -0.2) is 21.7 Å². The molecule has 0 unspecified atom stereocenters. The Labute approximate surface area is 149 Å². The Bertz CT molecular complexity index is 1100. The summed E-state index contributed by atoms with van der Waals surface area (Å²) >= 11 is 0. The van der Waals surface area contributed by atoms with Crippen molar-refractivity contribution in [3.8, 4) is 17.1 Å². The van der Waals surface area contributed by atoms with Crippen LogP contribution in [0.4, 0.5) is 17.6 Å². The molecule has 1 aliphatic rings. The van der Waals surface area contributed by atoms with Crippen LogP contribution in [0.15, 0.2) is 53.5 Å². The third-order valence-corrected chi connectivity index (χ3v) is 4.26. The Balaban J connectivity index is 1.85. The second-order valence-corrected chi connectivity index (χ2v) is 5.92. The lowest BCUT2D eigenvalue weighted by Crippen LogP contribution is -2.09. The van der Waals surface area contributed by atoms with Crippen molar-refractivity contribution in [1.82, 2.24) is 4.98 Å². The number of carbonyl (C=O) groups excluding carboxylic acids is 1. The normalized spacial score (nSPS) is 13.6. The summed E-state index contributed by atoms with van der Waals surface area (Å²) in [7, 11) is 0. The molecule has 27 heavy (non-hydrogen) atoms. The molecule has 0 saturated heterocycles. The summed E-state index contributed by atoms with van der Waals surface area (Å²) in [4.78, 5) is 18.8. The molecule has 0 radical (unpaired) electrons. The van der Waals surface area contributed by atoms with Gasteiger partial charge in [0.25, 0.3) is 5.91 Å². The molecule has 4 rings (SSSR count). The number of amides is 1. The topological polar surface area (TPSA) is 65.4 Å². The molecule has 1 aliphatic heterocycles. The maximum absolute atomic E-state index is 14.3. The summed E-state index contributed by atoms with van der Waals surface area (Å²) in [6.45, 7) is 0. The minimum atomic E-state index is -4.70. The number of aromatic nitrogens is 1. The van der Waals surface area contributed by atoms with E-state index in [4.69, 9.17) is 0 Å². The fourth-order valence-corrected chi connectivity index (χ4v) is 3.04. The van der Waals surface area contributed by atoms with Crippen LogP contribution in [0.25, 0.3) is 11.3 Å². The molecule has 1 aromatic heterocycles. The number of aromatic amines is 1. The van der Waals surface area contributed by atoms with Crippen molar-refractivity contribution >= 4 is 11.6 Å². The van der Waals surface area contributed by atoms with Gasteiger partial charge in [-0.05, 0) is 23.8 Å². The van der Waals surface area contributed by atoms with E-state index in [9.17, 15) is 27.5 Å². The monoisotopic (exact) mass is 374 g/mol. The maximum Gasteiger partial charge on any atom is 0.416 e. The Morgan fingerprint density at radius 1 is 1.00 bits per heavy atom. The summed E-state index contributed by atoms with van der Waals surface area (Å²) in [6, 6.07) is 10.6. The Morgan fingerprint density at radius 2 is 1.70 bits per heavy atom. The van der Waals surface area contributed by atoms with Gasteiger partial charge in [0, 0.05) is 5.56 Å². The number of H-pyrrole nitrogens is 1. The number of nitrogens with zero attached hydrogens (tertiary/aromatic N) is 1. The highest BCUT2D eigenvalue weighted by Crippen LogP contribution is 2.39. The molecule has 0 saturated carbocycles. The third kappa shape index (κ3) is 2.69. The first-order valence-electron chi connectivity index (χ1n) is 7.78. The lowest BCUT2D eigenvalue weighted by atomic mass is 9.99. The van der Waals surface area contributed by atoms with Gasteiger partial charge in [-0.25, -0.2) is 9.38 Å². The summed E-state index contributed by atoms with van der Waals surface area (Å²) in [5.41, 5.74) is -0.741. The van der Waals surface area contributed by atoms with E-state index in [1.165, 1.54) is 0 Å². The summed E-state index contributed by atoms with van der Waals surface area (Å²) < 4.78 is 52.5. The van der Waals surface area contributed by atoms with Crippen molar-refractivity contribution in [2.45, 2.75) is 6.18 Å². The van der Waals surface area contributed by atoms with Crippen LogP contribution in [0, 0.1) is 5.82 Å². The van der Waals surface area contributed by atoms with Gasteiger partial charge in [0.15, 0.2) is 5.88 Å². The molecule has 3 aromatic rings. The van der Waals surface area contributed by atoms with E-state index >= 15 is 0 Å². The number of alkyl halides is 3. The van der Waals surface area contributed by atoms with E-state index in [-0.39, 0.29) is 22.4 Å². The van der Waals surface area contributed by atoms with Gasteiger partial charge in [-0.1, -0.05) is 30.3 Å². The number of fused-ring (bicyclic) bond motifs is 1. The largest absolute Gasteiger partial charge is 0.494 e. The number of carbonyl (C=O) groups is 1. The minimum absolute atomic E-state index is 0.0301. The molecule has 8 heteroatoms. The number of hydrogen-bond acceptors (Lipinski definition) is 2. The second-order valence-electron chi connectivity index (χ2n) is 5.92. The SMILES string of the molecule is O=C1N=C(c2ccc(C(F)(F)F)cc2F)c2c(O)[nH]c(-c3ccccc3)c21. The van der Waals surface area contributed by atoms with Crippen LogP contribution in [0.3, 0.4) is 0 Å². The first-order valence-corrected chi connectivity index (χ1v) is 7.78. The van der Waals surface area contributed by atoms with E-state index in [1.807, 2.05) is 0 Å².